The van der Waals surface area contributed by atoms with Crippen molar-refractivity contribution in [2.75, 3.05) is 5.32 Å². The maximum absolute atomic E-state index is 10.5. The molecule has 1 heterocycles. The average molecular weight is 245 g/mol. The Labute approximate surface area is 105 Å². The van der Waals surface area contributed by atoms with Crippen LogP contribution in [-0.2, 0) is 4.79 Å². The molecule has 1 atom stereocenters. The van der Waals surface area contributed by atoms with E-state index < -0.39 is 5.97 Å². The smallest absolute Gasteiger partial charge is 0.303 e. The van der Waals surface area contributed by atoms with Crippen LogP contribution in [-0.4, -0.2) is 27.3 Å². The van der Waals surface area contributed by atoms with Crippen LogP contribution in [0, 0.1) is 0 Å². The lowest BCUT2D eigenvalue weighted by molar-refractivity contribution is -0.137. The molecule has 2 aromatic rings. The number of carboxylic acids is 1. The summed E-state index contributed by atoms with van der Waals surface area (Å²) in [7, 11) is 0. The molecule has 1 aromatic carbocycles. The first kappa shape index (κ1) is 12.3. The van der Waals surface area contributed by atoms with Gasteiger partial charge in [0.2, 0.25) is 0 Å². The Morgan fingerprint density at radius 3 is 3.00 bits per heavy atom. The summed E-state index contributed by atoms with van der Waals surface area (Å²) in [4.78, 5) is 10.5. The highest BCUT2D eigenvalue weighted by Crippen LogP contribution is 2.21. The molecule has 2 rings (SSSR count). The van der Waals surface area contributed by atoms with Crippen LogP contribution in [0.3, 0.4) is 0 Å². The van der Waals surface area contributed by atoms with E-state index in [9.17, 15) is 4.79 Å². The molecule has 1 aromatic heterocycles. The van der Waals surface area contributed by atoms with Crippen LogP contribution in [0.25, 0.3) is 10.9 Å². The molecule has 0 radical (unpaired) electrons. The Bertz CT molecular complexity index is 551. The van der Waals surface area contributed by atoms with Crippen LogP contribution in [0.5, 0.6) is 0 Å². The summed E-state index contributed by atoms with van der Waals surface area (Å²) in [5, 5.41) is 20.9. The Morgan fingerprint density at radius 2 is 2.22 bits per heavy atom. The van der Waals surface area contributed by atoms with Gasteiger partial charge in [0.05, 0.1) is 17.4 Å². The highest BCUT2D eigenvalue weighted by molar-refractivity contribution is 5.90. The highest BCUT2D eigenvalue weighted by Gasteiger charge is 2.08. The van der Waals surface area contributed by atoms with Crippen LogP contribution in [0.4, 0.5) is 5.69 Å². The predicted molar refractivity (Wildman–Crippen MR) is 69.5 cm³/mol. The van der Waals surface area contributed by atoms with Crippen LogP contribution >= 0.6 is 0 Å². The van der Waals surface area contributed by atoms with E-state index in [1.165, 1.54) is 0 Å². The zero-order valence-electron chi connectivity index (χ0n) is 10.1. The van der Waals surface area contributed by atoms with Crippen LogP contribution in [0.2, 0.25) is 0 Å². The molecule has 94 valence electrons. The minimum absolute atomic E-state index is 0.0775. The molecule has 0 bridgehead atoms. The van der Waals surface area contributed by atoms with Gasteiger partial charge in [0.15, 0.2) is 0 Å². The average Bonchev–Trinajstić information content (AvgIpc) is 2.37. The fourth-order valence-electron chi connectivity index (χ4n) is 1.80. The summed E-state index contributed by atoms with van der Waals surface area (Å²) in [6.45, 7) is 1.96. The summed E-state index contributed by atoms with van der Waals surface area (Å²) in [6.07, 6.45) is 2.40. The Balaban J connectivity index is 2.14. The van der Waals surface area contributed by atoms with Gasteiger partial charge in [-0.3, -0.25) is 4.79 Å². The van der Waals surface area contributed by atoms with Crippen molar-refractivity contribution in [2.45, 2.75) is 25.8 Å². The van der Waals surface area contributed by atoms with Gasteiger partial charge in [-0.25, -0.2) is 0 Å². The molecule has 2 N–H and O–H groups in total. The van der Waals surface area contributed by atoms with Crippen molar-refractivity contribution in [3.8, 4) is 0 Å². The summed E-state index contributed by atoms with van der Waals surface area (Å²) < 4.78 is 0. The number of carbonyl (C=O) groups is 1. The van der Waals surface area contributed by atoms with Crippen molar-refractivity contribution in [3.63, 3.8) is 0 Å². The van der Waals surface area contributed by atoms with E-state index in [0.29, 0.717) is 6.42 Å². The molecule has 0 fully saturated rings. The van der Waals surface area contributed by atoms with E-state index in [0.717, 1.165) is 16.6 Å². The van der Waals surface area contributed by atoms with Crippen molar-refractivity contribution < 1.29 is 9.90 Å². The number of aromatic nitrogens is 2. The first-order valence-electron chi connectivity index (χ1n) is 5.85. The quantitative estimate of drug-likeness (QED) is 0.845. The summed E-state index contributed by atoms with van der Waals surface area (Å²) >= 11 is 0. The fourth-order valence-corrected chi connectivity index (χ4v) is 1.80. The summed E-state index contributed by atoms with van der Waals surface area (Å²) in [6, 6.07) is 7.80. The number of fused-ring (bicyclic) bond motifs is 1. The monoisotopic (exact) mass is 245 g/mol. The second-order valence-corrected chi connectivity index (χ2v) is 4.25. The minimum atomic E-state index is -0.777. The number of nitrogens with zero attached hydrogens (tertiary/aromatic N) is 2. The van der Waals surface area contributed by atoms with Gasteiger partial charge in [-0.2, -0.15) is 10.2 Å². The maximum atomic E-state index is 10.5. The van der Waals surface area contributed by atoms with Gasteiger partial charge in [0.1, 0.15) is 0 Å². The van der Waals surface area contributed by atoms with E-state index in [-0.39, 0.29) is 12.5 Å². The minimum Gasteiger partial charge on any atom is -0.481 e. The van der Waals surface area contributed by atoms with Crippen molar-refractivity contribution in [1.82, 2.24) is 10.2 Å². The first-order valence-corrected chi connectivity index (χ1v) is 5.85. The molecule has 0 aliphatic heterocycles. The van der Waals surface area contributed by atoms with Crippen molar-refractivity contribution in [3.05, 3.63) is 30.5 Å². The number of nitrogens with one attached hydrogen (secondary N) is 1. The fraction of sp³-hybridized carbons (Fsp3) is 0.308. The van der Waals surface area contributed by atoms with Gasteiger partial charge in [0, 0.05) is 17.8 Å². The summed E-state index contributed by atoms with van der Waals surface area (Å²) in [5.41, 5.74) is 1.71. The number of rotatable bonds is 5. The third kappa shape index (κ3) is 2.94. The number of aliphatic carboxylic acids is 1. The van der Waals surface area contributed by atoms with Crippen LogP contribution < -0.4 is 5.32 Å². The molecule has 0 spiro atoms. The van der Waals surface area contributed by atoms with E-state index in [1.807, 2.05) is 31.2 Å². The molecule has 0 aliphatic rings. The third-order valence-electron chi connectivity index (χ3n) is 2.74. The molecular formula is C13H15N3O2. The molecule has 0 amide bonds. The molecule has 1 unspecified atom stereocenters. The Morgan fingerprint density at radius 1 is 1.44 bits per heavy atom. The van der Waals surface area contributed by atoms with Crippen LogP contribution in [0.1, 0.15) is 19.8 Å². The maximum Gasteiger partial charge on any atom is 0.303 e. The highest BCUT2D eigenvalue weighted by atomic mass is 16.4. The largest absolute Gasteiger partial charge is 0.481 e. The standard InChI is InChI=1S/C13H15N3O2/c1-9(6-7-13(17)18)15-12-8-14-16-11-5-3-2-4-10(11)12/h2-5,8-9H,6-7H2,1H3,(H,15,16)(H,17,18). The summed E-state index contributed by atoms with van der Waals surface area (Å²) in [5.74, 6) is -0.777. The lowest BCUT2D eigenvalue weighted by Crippen LogP contribution is -2.17. The van der Waals surface area contributed by atoms with Gasteiger partial charge in [-0.15, -0.1) is 0 Å². The Hall–Kier alpha value is -2.17. The Kier molecular flexibility index (Phi) is 3.72. The number of benzene rings is 1. The van der Waals surface area contributed by atoms with Crippen LogP contribution in [0.15, 0.2) is 30.5 Å². The van der Waals surface area contributed by atoms with Gasteiger partial charge >= 0.3 is 5.97 Å². The number of hydrogen-bond acceptors (Lipinski definition) is 4. The molecule has 0 saturated heterocycles. The van der Waals surface area contributed by atoms with Crippen molar-refractivity contribution in [1.29, 1.82) is 0 Å². The number of hydrogen-bond donors (Lipinski definition) is 2. The normalized spacial score (nSPS) is 12.3. The topological polar surface area (TPSA) is 75.1 Å². The van der Waals surface area contributed by atoms with E-state index in [2.05, 4.69) is 15.5 Å². The van der Waals surface area contributed by atoms with Crippen molar-refractivity contribution >= 4 is 22.6 Å². The number of anilines is 1. The molecule has 5 heteroatoms. The van der Waals surface area contributed by atoms with Gasteiger partial charge in [-0.1, -0.05) is 18.2 Å². The second kappa shape index (κ2) is 5.44. The molecule has 0 saturated carbocycles. The molecule has 5 nitrogen and oxygen atoms in total. The second-order valence-electron chi connectivity index (χ2n) is 4.25. The lowest BCUT2D eigenvalue weighted by Gasteiger charge is -2.15. The van der Waals surface area contributed by atoms with E-state index in [1.54, 1.807) is 6.20 Å². The van der Waals surface area contributed by atoms with Gasteiger partial charge in [0.25, 0.3) is 0 Å². The number of carboxylic acid groups (broad SMARTS) is 1. The van der Waals surface area contributed by atoms with Gasteiger partial charge in [-0.05, 0) is 19.4 Å². The zero-order valence-corrected chi connectivity index (χ0v) is 10.1. The van der Waals surface area contributed by atoms with E-state index in [4.69, 9.17) is 5.11 Å². The van der Waals surface area contributed by atoms with Crippen molar-refractivity contribution in [2.24, 2.45) is 0 Å². The molecule has 18 heavy (non-hydrogen) atoms. The predicted octanol–water partition coefficient (Wildman–Crippen LogP) is 2.29. The first-order chi connectivity index (χ1) is 8.66. The zero-order chi connectivity index (χ0) is 13.0. The third-order valence-corrected chi connectivity index (χ3v) is 2.74. The SMILES string of the molecule is CC(CCC(=O)O)Nc1cnnc2ccccc12. The van der Waals surface area contributed by atoms with E-state index >= 15 is 0 Å². The molecular weight excluding hydrogens is 230 g/mol. The lowest BCUT2D eigenvalue weighted by atomic mass is 10.1. The van der Waals surface area contributed by atoms with Gasteiger partial charge < -0.3 is 10.4 Å². The molecule has 0 aliphatic carbocycles.